The van der Waals surface area contributed by atoms with Gasteiger partial charge in [0, 0.05) is 25.6 Å². The number of halogens is 2. The summed E-state index contributed by atoms with van der Waals surface area (Å²) in [5.74, 6) is 0.296. The molecule has 0 amide bonds. The third-order valence-corrected chi connectivity index (χ3v) is 13.6. The Labute approximate surface area is 378 Å². The molecule has 0 radical (unpaired) electrons. The number of fused-ring (bicyclic) bond motifs is 4. The molecule has 0 aliphatic rings. The van der Waals surface area contributed by atoms with Crippen LogP contribution in [0.2, 0.25) is 10.0 Å². The van der Waals surface area contributed by atoms with E-state index in [1.54, 1.807) is 57.2 Å². The summed E-state index contributed by atoms with van der Waals surface area (Å²) in [5, 5.41) is 2.56. The van der Waals surface area contributed by atoms with Gasteiger partial charge in [-0.25, -0.2) is 0 Å². The first kappa shape index (κ1) is 47.5. The van der Waals surface area contributed by atoms with E-state index in [0.29, 0.717) is 72.1 Å². The first-order valence-corrected chi connectivity index (χ1v) is 22.8. The molecule has 6 aromatic rings. The average molecular weight is 924 g/mol. The highest BCUT2D eigenvalue weighted by atomic mass is 35.5. The number of Topliss-reactive ketones (excluding diaryl/α,β-unsaturated/α-hetero) is 2. The minimum Gasteiger partial charge on any atom is -0.484 e. The van der Waals surface area contributed by atoms with Crippen LogP contribution in [-0.4, -0.2) is 74.6 Å². The Balaban J connectivity index is 0.939. The summed E-state index contributed by atoms with van der Waals surface area (Å²) >= 11 is 15.7. The van der Waals surface area contributed by atoms with Crippen LogP contribution < -0.4 is 20.3 Å². The second kappa shape index (κ2) is 19.8. The molecule has 6 rings (SSSR count). The zero-order valence-corrected chi connectivity index (χ0v) is 39.3. The van der Waals surface area contributed by atoms with E-state index in [1.807, 2.05) is 71.0 Å². The number of hydrogen-bond acceptors (Lipinski definition) is 12. The highest BCUT2D eigenvalue weighted by Gasteiger charge is 2.35. The molecule has 62 heavy (non-hydrogen) atoms. The van der Waals surface area contributed by atoms with Crippen molar-refractivity contribution >= 4 is 97.8 Å². The van der Waals surface area contributed by atoms with Gasteiger partial charge in [0.2, 0.25) is 11.6 Å². The van der Waals surface area contributed by atoms with Crippen LogP contribution in [-0.2, 0) is 28.5 Å². The highest BCUT2D eigenvalue weighted by Crippen LogP contribution is 2.38. The van der Waals surface area contributed by atoms with E-state index in [0.717, 1.165) is 9.40 Å². The van der Waals surface area contributed by atoms with Gasteiger partial charge in [-0.1, -0.05) is 68.2 Å². The van der Waals surface area contributed by atoms with Crippen molar-refractivity contribution in [3.8, 4) is 11.5 Å². The molecular formula is C48H52Cl2O10S2. The maximum Gasteiger partial charge on any atom is 0.201 e. The second-order valence-corrected chi connectivity index (χ2v) is 19.8. The van der Waals surface area contributed by atoms with Gasteiger partial charge in [-0.05, 0) is 89.6 Å². The van der Waals surface area contributed by atoms with E-state index in [2.05, 4.69) is 0 Å². The minimum atomic E-state index is -1.18. The summed E-state index contributed by atoms with van der Waals surface area (Å²) in [5.41, 5.74) is -3.04. The Morgan fingerprint density at radius 3 is 1.53 bits per heavy atom. The van der Waals surface area contributed by atoms with Crippen LogP contribution in [0.15, 0.2) is 82.4 Å². The predicted octanol–water partition coefficient (Wildman–Crippen LogP) is 10.9. The molecule has 2 heterocycles. The number of ketones is 2. The maximum absolute atomic E-state index is 13.6. The fourth-order valence-corrected chi connectivity index (χ4v) is 9.93. The summed E-state index contributed by atoms with van der Waals surface area (Å²) in [4.78, 5) is 53.4. The molecule has 10 nitrogen and oxygen atoms in total. The van der Waals surface area contributed by atoms with Gasteiger partial charge in [-0.3, -0.25) is 19.2 Å². The summed E-state index contributed by atoms with van der Waals surface area (Å²) < 4.78 is 39.3. The molecule has 0 fully saturated rings. The maximum atomic E-state index is 13.6. The lowest BCUT2D eigenvalue weighted by Gasteiger charge is -2.32. The van der Waals surface area contributed by atoms with E-state index in [-0.39, 0.29) is 54.3 Å². The Bertz CT molecular complexity index is 2730. The zero-order valence-electron chi connectivity index (χ0n) is 36.2. The Morgan fingerprint density at radius 1 is 0.629 bits per heavy atom. The fourth-order valence-electron chi connectivity index (χ4n) is 6.99. The van der Waals surface area contributed by atoms with Gasteiger partial charge >= 0.3 is 0 Å². The monoisotopic (exact) mass is 922 g/mol. The Morgan fingerprint density at radius 2 is 1.06 bits per heavy atom. The van der Waals surface area contributed by atoms with Gasteiger partial charge < -0.3 is 28.4 Å². The lowest BCUT2D eigenvalue weighted by molar-refractivity contribution is -0.158. The third-order valence-electron chi connectivity index (χ3n) is 10.6. The number of ether oxygens (including phenoxy) is 6. The van der Waals surface area contributed by atoms with Crippen molar-refractivity contribution in [3.05, 3.63) is 103 Å². The average Bonchev–Trinajstić information content (AvgIpc) is 3.22. The van der Waals surface area contributed by atoms with Crippen molar-refractivity contribution in [2.45, 2.75) is 85.2 Å². The first-order chi connectivity index (χ1) is 29.3. The lowest BCUT2D eigenvalue weighted by atomic mass is 9.96. The minimum absolute atomic E-state index is 0.178. The molecule has 0 saturated carbocycles. The molecule has 0 aliphatic carbocycles. The number of rotatable bonds is 21. The first-order valence-electron chi connectivity index (χ1n) is 20.5. The van der Waals surface area contributed by atoms with E-state index in [9.17, 15) is 19.2 Å². The molecule has 0 spiro atoms. The number of carbonyl (C=O) groups excluding carboxylic acids is 2. The molecule has 0 N–H and O–H groups in total. The molecular weight excluding hydrogens is 872 g/mol. The van der Waals surface area contributed by atoms with E-state index in [1.165, 1.54) is 22.7 Å². The number of benzene rings is 4. The van der Waals surface area contributed by atoms with Gasteiger partial charge in [-0.15, -0.1) is 22.7 Å². The largest absolute Gasteiger partial charge is 0.484 e. The number of hydrogen-bond donors (Lipinski definition) is 0. The van der Waals surface area contributed by atoms with Crippen LogP contribution in [0.4, 0.5) is 0 Å². The van der Waals surface area contributed by atoms with Crippen LogP contribution in [0, 0.1) is 5.41 Å². The Hall–Kier alpha value is -3.98. The van der Waals surface area contributed by atoms with Gasteiger partial charge in [0.05, 0.1) is 68.9 Å². The summed E-state index contributed by atoms with van der Waals surface area (Å²) in [6.07, 6.45) is -0.411. The van der Waals surface area contributed by atoms with Gasteiger partial charge in [0.15, 0.2) is 10.9 Å². The van der Waals surface area contributed by atoms with Crippen molar-refractivity contribution in [3.63, 3.8) is 0 Å². The molecule has 0 saturated heterocycles. The van der Waals surface area contributed by atoms with Crippen LogP contribution >= 0.6 is 45.9 Å². The topological polar surface area (TPSA) is 124 Å². The smallest absolute Gasteiger partial charge is 0.201 e. The molecule has 14 heteroatoms. The van der Waals surface area contributed by atoms with Gasteiger partial charge in [-0.2, -0.15) is 0 Å². The molecule has 3 unspecified atom stereocenters. The quantitative estimate of drug-likeness (QED) is 0.0645. The Kier molecular flexibility index (Phi) is 15.2. The summed E-state index contributed by atoms with van der Waals surface area (Å²) in [7, 11) is 0. The molecule has 0 bridgehead atoms. The van der Waals surface area contributed by atoms with Gasteiger partial charge in [0.25, 0.3) is 0 Å². The molecule has 2 aromatic heterocycles. The van der Waals surface area contributed by atoms with E-state index < -0.39 is 23.4 Å². The van der Waals surface area contributed by atoms with Crippen molar-refractivity contribution in [1.29, 1.82) is 0 Å². The van der Waals surface area contributed by atoms with Crippen molar-refractivity contribution in [2.75, 3.05) is 39.6 Å². The van der Waals surface area contributed by atoms with Crippen LogP contribution in [0.5, 0.6) is 11.5 Å². The fraction of sp³-hybridized carbons (Fsp3) is 0.417. The molecule has 4 aromatic carbocycles. The van der Waals surface area contributed by atoms with Crippen LogP contribution in [0.3, 0.4) is 0 Å². The van der Waals surface area contributed by atoms with E-state index in [4.69, 9.17) is 51.6 Å². The van der Waals surface area contributed by atoms with Gasteiger partial charge in [0.1, 0.15) is 35.9 Å². The highest BCUT2D eigenvalue weighted by molar-refractivity contribution is 7.25. The van der Waals surface area contributed by atoms with Crippen LogP contribution in [0.25, 0.3) is 40.3 Å². The summed E-state index contributed by atoms with van der Waals surface area (Å²) in [6.45, 7) is 15.4. The molecule has 3 atom stereocenters. The number of carbonyl (C=O) groups is 2. The summed E-state index contributed by atoms with van der Waals surface area (Å²) in [6, 6.07) is 21.2. The SMILES string of the molecule is CCC(C)(OC(C)COCC(C)(C)COCC(C)OC(C)(C)C(=O)COc1ccc(Cl)c2c(=O)c3ccccc3sc12)C(=O)COc1ccc(Cl)c2c(=O)c3ccccc3sc12. The molecule has 0 aliphatic heterocycles. The van der Waals surface area contributed by atoms with Crippen molar-refractivity contribution in [2.24, 2.45) is 5.41 Å². The van der Waals surface area contributed by atoms with Crippen LogP contribution in [0.1, 0.15) is 61.8 Å². The molecule has 330 valence electrons. The standard InChI is InChI=1S/C48H52Cl2O10S2/c1-9-48(8,39(52)25-58-35-21-19-33(50)41-43(54)31-15-11-13-17-37(31)62-45(35)41)60-29(3)23-56-27-46(4,5)26-55-22-28(2)59-47(6,7)38(51)24-57-34-20-18-32(49)40-42(53)30-14-10-12-16-36(30)61-44(34)40/h10-21,28-29H,9,22-27H2,1-8H3. The predicted molar refractivity (Wildman–Crippen MR) is 252 cm³/mol. The van der Waals surface area contributed by atoms with Crippen molar-refractivity contribution in [1.82, 2.24) is 0 Å². The lowest BCUT2D eigenvalue weighted by Crippen LogP contribution is -2.44. The van der Waals surface area contributed by atoms with Crippen molar-refractivity contribution < 1.29 is 38.0 Å². The second-order valence-electron chi connectivity index (χ2n) is 16.9. The van der Waals surface area contributed by atoms with E-state index >= 15 is 0 Å². The zero-order chi connectivity index (χ0) is 45.0. The third kappa shape index (κ3) is 10.8. The normalized spacial score (nSPS) is 14.3.